The van der Waals surface area contributed by atoms with Crippen LogP contribution in [0.1, 0.15) is 459 Å². The molecule has 0 aliphatic heterocycles. The average molecular weight is 2060 g/mol. The molecule has 20 aliphatic rings. The van der Waals surface area contributed by atoms with Crippen LogP contribution in [0, 0.1) is 53.3 Å². The van der Waals surface area contributed by atoms with Crippen molar-refractivity contribution in [1.29, 1.82) is 0 Å². The van der Waals surface area contributed by atoms with Crippen LogP contribution in [0.5, 0.6) is 0 Å². The van der Waals surface area contributed by atoms with E-state index in [2.05, 4.69) is 77.8 Å². The summed E-state index contributed by atoms with van der Waals surface area (Å²) in [6.45, 7) is 0. The van der Waals surface area contributed by atoms with Gasteiger partial charge < -0.3 is 21.3 Å². The van der Waals surface area contributed by atoms with E-state index in [1.54, 1.807) is 6.07 Å². The molecule has 4 amide bonds. The molecule has 29 rings (SSSR count). The van der Waals surface area contributed by atoms with Gasteiger partial charge in [0.25, 0.3) is 23.6 Å². The van der Waals surface area contributed by atoms with Gasteiger partial charge in [0, 0.05) is 111 Å². The third-order valence-electron chi connectivity index (χ3n) is 38.7. The Morgan fingerprint density at radius 3 is 0.993 bits per heavy atom. The SMILES string of the molecule is O=C(NC12CC3CC(CC(C3)C1)C2)c1nn(-c2ccc(Cl)cc2Cl)c2c1CCCCC2Cc1cccc(Cl)c1.O=C(NC12CC3CC(CC(C3)C1)C2)c1nn(C2CCCCC2)c2c1CCCCC2Cc1ccc(Cl)cc1.O=C(NC12CC3CC(CC(C3)C1)C2)c1nn(C2CCCCC2)c2c1CCCCC2Cc1ccccc1Cl.O=C(NC1CCC1)c1nn(C2CCCCC2)c2c1CCCCC2Cc1ccccc1Cl. The van der Waals surface area contributed by atoms with Crippen LogP contribution in [0.4, 0.5) is 0 Å². The summed E-state index contributed by atoms with van der Waals surface area (Å²) < 4.78 is 8.98. The van der Waals surface area contributed by atoms with Crippen molar-refractivity contribution < 1.29 is 19.2 Å². The molecule has 4 aromatic heterocycles. The molecule has 5 aromatic carbocycles. The highest BCUT2D eigenvalue weighted by Gasteiger charge is 2.56. The number of nitrogens with zero attached hydrogens (tertiary/aromatic N) is 8. The van der Waals surface area contributed by atoms with Crippen LogP contribution in [0.3, 0.4) is 0 Å². The van der Waals surface area contributed by atoms with Crippen molar-refractivity contribution in [2.45, 2.75) is 424 Å². The Bertz CT molecular complexity index is 6010. The van der Waals surface area contributed by atoms with Gasteiger partial charge in [0.05, 0.1) is 34.5 Å². The molecule has 4 atom stereocenters. The fourth-order valence-corrected chi connectivity index (χ4v) is 34.6. The summed E-state index contributed by atoms with van der Waals surface area (Å²) >= 11 is 38.7. The van der Waals surface area contributed by atoms with Gasteiger partial charge in [-0.3, -0.25) is 33.2 Å². The minimum absolute atomic E-state index is 0.0135. The van der Waals surface area contributed by atoms with Crippen LogP contribution in [0.25, 0.3) is 5.69 Å². The number of aromatic nitrogens is 8. The molecule has 16 nitrogen and oxygen atoms in total. The first-order valence-electron chi connectivity index (χ1n) is 57.3. The number of hydrogen-bond donors (Lipinski definition) is 4. The number of nitrogens with one attached hydrogen (secondary N) is 4. The number of halogens is 6. The summed E-state index contributed by atoms with van der Waals surface area (Å²) in [6.07, 6.45) is 66.1. The molecular formula is C122H152Cl6N12O4. The number of benzene rings is 5. The van der Waals surface area contributed by atoms with E-state index in [-0.39, 0.29) is 46.2 Å². The fourth-order valence-electron chi connectivity index (χ4n) is 33.3. The second-order valence-corrected chi connectivity index (χ2v) is 51.7. The van der Waals surface area contributed by atoms with Gasteiger partial charge in [0.15, 0.2) is 22.8 Å². The summed E-state index contributed by atoms with van der Waals surface area (Å²) in [6, 6.07) is 40.1. The predicted molar refractivity (Wildman–Crippen MR) is 579 cm³/mol. The molecule has 766 valence electrons. The molecular weight excluding hydrogens is 1910 g/mol. The van der Waals surface area contributed by atoms with Gasteiger partial charge in [0.1, 0.15) is 0 Å². The van der Waals surface area contributed by atoms with Gasteiger partial charge >= 0.3 is 0 Å². The van der Waals surface area contributed by atoms with Crippen molar-refractivity contribution >= 4 is 93.2 Å². The molecule has 0 radical (unpaired) electrons. The number of fused-ring (bicyclic) bond motifs is 4. The second kappa shape index (κ2) is 43.5. The van der Waals surface area contributed by atoms with Gasteiger partial charge in [-0.1, -0.05) is 214 Å². The number of hydrogen-bond acceptors (Lipinski definition) is 8. The first-order valence-corrected chi connectivity index (χ1v) is 59.6. The van der Waals surface area contributed by atoms with E-state index in [1.165, 1.54) is 281 Å². The van der Waals surface area contributed by atoms with Gasteiger partial charge in [-0.15, -0.1) is 0 Å². The van der Waals surface area contributed by atoms with Gasteiger partial charge in [-0.05, 0) is 406 Å². The molecule has 16 saturated carbocycles. The monoisotopic (exact) mass is 2060 g/mol. The third-order valence-corrected chi connectivity index (χ3v) is 40.5. The zero-order chi connectivity index (χ0) is 97.9. The molecule has 4 unspecified atom stereocenters. The van der Waals surface area contributed by atoms with Crippen molar-refractivity contribution in [1.82, 2.24) is 60.4 Å². The summed E-state index contributed by atoms with van der Waals surface area (Å²) in [5.74, 6) is 8.87. The normalized spacial score (nSPS) is 29.8. The Balaban J connectivity index is 0.000000107. The lowest BCUT2D eigenvalue weighted by Crippen LogP contribution is -2.60. The minimum Gasteiger partial charge on any atom is -0.348 e. The smallest absolute Gasteiger partial charge is 0.272 e. The highest BCUT2D eigenvalue weighted by Crippen LogP contribution is 2.60. The zero-order valence-corrected chi connectivity index (χ0v) is 89.4. The van der Waals surface area contributed by atoms with Crippen LogP contribution in [-0.2, 0) is 51.4 Å². The van der Waals surface area contributed by atoms with E-state index < -0.39 is 0 Å². The van der Waals surface area contributed by atoms with Crippen molar-refractivity contribution in [2.24, 2.45) is 53.3 Å². The van der Waals surface area contributed by atoms with Gasteiger partial charge in [-0.2, -0.15) is 20.4 Å². The van der Waals surface area contributed by atoms with Crippen LogP contribution in [0.15, 0.2) is 115 Å². The van der Waals surface area contributed by atoms with Crippen LogP contribution >= 0.6 is 69.6 Å². The van der Waals surface area contributed by atoms with Crippen molar-refractivity contribution in [2.75, 3.05) is 0 Å². The van der Waals surface area contributed by atoms with Crippen LogP contribution in [-0.4, -0.2) is 85.4 Å². The van der Waals surface area contributed by atoms with Crippen molar-refractivity contribution in [3.63, 3.8) is 0 Å². The van der Waals surface area contributed by atoms with Crippen molar-refractivity contribution in [3.8, 4) is 5.69 Å². The summed E-state index contributed by atoms with van der Waals surface area (Å²) in [7, 11) is 0. The Labute approximate surface area is 884 Å². The molecule has 144 heavy (non-hydrogen) atoms. The predicted octanol–water partition coefficient (Wildman–Crippen LogP) is 30.5. The van der Waals surface area contributed by atoms with Gasteiger partial charge in [0.2, 0.25) is 0 Å². The van der Waals surface area contributed by atoms with E-state index in [4.69, 9.17) is 90.0 Å². The summed E-state index contributed by atoms with van der Waals surface area (Å²) in [5.41, 5.74) is 18.5. The summed E-state index contributed by atoms with van der Waals surface area (Å²) in [4.78, 5) is 55.6. The average Bonchev–Trinajstić information content (AvgIpc) is 1.52. The molecule has 9 aromatic rings. The highest BCUT2D eigenvalue weighted by atomic mass is 35.5. The fraction of sp³-hybridized carbons (Fsp3) is 0.623. The maximum atomic E-state index is 14.1. The minimum atomic E-state index is -0.0642. The Hall–Kier alpha value is -7.44. The zero-order valence-electron chi connectivity index (χ0n) is 84.9. The molecule has 20 aliphatic carbocycles. The standard InChI is InChI=1S/C32H34Cl3N3O.2C32H42ClN3O.C26H34ClN3O/c33-24-6-3-4-19(14-24)13-23-5-1-2-7-26-29(37-38(30(23)26)28-9-8-25(34)15-27(28)35)31(39)36-32-16-20-10-21(17-32)12-22(11-20)18-32;33-28-13-7-5-8-24(28)17-25-9-4-6-12-27-29(35-36(30(25)27)26-10-2-1-3-11-26)31(37)34-32-18-21-14-22(19-32)16-23(15-21)20-32;33-26-12-10-21(11-13-26)17-25-6-4-5-9-28-29(35-36(30(25)28)27-7-2-1-3-8-27)31(37)34-32-18-22-14-23(19-32)16-24(15-22)20-32;27-23-16-7-5-9-18(23)17-19-10-4-6-15-22-24(26(31)28-20-11-8-12-20)29-30(25(19)22)21-13-2-1-3-14-21/h3-4,6,8-9,14-15,20-23H,1-2,5,7,10-13,16-18H2,(H,36,39);5,7-8,13,21-23,25-26H,1-4,6,9-12,14-20H2,(H,34,37);10-13,22-25,27H,1-9,14-20H2,(H,34,37);5,7,9,16,19-21H,1-4,6,8,10-15,17H2,(H,28,31). The Morgan fingerprint density at radius 1 is 0.292 bits per heavy atom. The van der Waals surface area contributed by atoms with E-state index in [0.717, 1.165) is 237 Å². The molecule has 0 spiro atoms. The molecule has 16 fully saturated rings. The van der Waals surface area contributed by atoms with Crippen LogP contribution < -0.4 is 21.3 Å². The highest BCUT2D eigenvalue weighted by molar-refractivity contribution is 6.36. The Morgan fingerprint density at radius 2 is 0.625 bits per heavy atom. The maximum absolute atomic E-state index is 14.1. The number of rotatable bonds is 20. The molecule has 4 N–H and O–H groups in total. The first-order chi connectivity index (χ1) is 70.2. The van der Waals surface area contributed by atoms with E-state index >= 15 is 0 Å². The third kappa shape index (κ3) is 21.6. The van der Waals surface area contributed by atoms with E-state index in [0.29, 0.717) is 63.4 Å². The summed E-state index contributed by atoms with van der Waals surface area (Å²) in [5, 5.41) is 39.1. The molecule has 0 saturated heterocycles. The molecule has 12 bridgehead atoms. The number of carbonyl (C=O) groups excluding carboxylic acids is 4. The van der Waals surface area contributed by atoms with E-state index in [9.17, 15) is 19.2 Å². The topological polar surface area (TPSA) is 188 Å². The lowest BCUT2D eigenvalue weighted by molar-refractivity contribution is -0.0172. The maximum Gasteiger partial charge on any atom is 0.272 e. The molecule has 22 heteroatoms. The Kier molecular flexibility index (Phi) is 30.1. The lowest BCUT2D eigenvalue weighted by atomic mass is 9.53. The van der Waals surface area contributed by atoms with Crippen LogP contribution in [0.2, 0.25) is 30.1 Å². The molecule has 4 heterocycles. The quantitative estimate of drug-likeness (QED) is 0.0543. The largest absolute Gasteiger partial charge is 0.348 e. The lowest BCUT2D eigenvalue weighted by Gasteiger charge is -2.56. The van der Waals surface area contributed by atoms with Crippen molar-refractivity contribution in [3.05, 3.63) is 235 Å². The van der Waals surface area contributed by atoms with Gasteiger partial charge in [-0.25, -0.2) is 4.68 Å². The van der Waals surface area contributed by atoms with E-state index in [1.807, 2.05) is 71.4 Å². The second-order valence-electron chi connectivity index (χ2n) is 49.2. The number of amides is 4. The number of carbonyl (C=O) groups is 4. The first kappa shape index (κ1) is 99.8.